The Hall–Kier alpha value is -9.16. The number of aromatic nitrogens is 7. The average Bonchev–Trinajstić information content (AvgIpc) is 1.01. The van der Waals surface area contributed by atoms with Gasteiger partial charge in [0.05, 0.1) is 76.7 Å². The molecule has 4 amide bonds. The van der Waals surface area contributed by atoms with Gasteiger partial charge in [-0.3, -0.25) is 53.5 Å². The topological polar surface area (TPSA) is 229 Å². The van der Waals surface area contributed by atoms with E-state index in [4.69, 9.17) is 39.5 Å². The van der Waals surface area contributed by atoms with Crippen molar-refractivity contribution in [1.82, 2.24) is 79.6 Å². The zero-order valence-electron chi connectivity index (χ0n) is 74.0. The Bertz CT molecular complexity index is 4900. The smallest absolute Gasteiger partial charge is 0.224 e. The highest BCUT2D eigenvalue weighted by Crippen LogP contribution is 2.41. The Balaban J connectivity index is 0.000000149. The molecule has 7 aliphatic heterocycles. The van der Waals surface area contributed by atoms with Crippen LogP contribution in [0.25, 0.3) is 32.7 Å². The molecule has 3 unspecified atom stereocenters. The molecule has 0 aliphatic carbocycles. The number of ether oxygens (including phenoxy) is 2. The van der Waals surface area contributed by atoms with Crippen LogP contribution in [0.3, 0.4) is 0 Å². The maximum Gasteiger partial charge on any atom is 0.224 e. The number of methoxy groups -OCH3 is 2. The van der Waals surface area contributed by atoms with E-state index in [0.717, 1.165) is 260 Å². The van der Waals surface area contributed by atoms with Gasteiger partial charge in [0.2, 0.25) is 23.6 Å². The summed E-state index contributed by atoms with van der Waals surface area (Å²) in [7, 11) is 5.57. The average molecular weight is 1700 g/mol. The first-order valence-electron chi connectivity index (χ1n) is 45.2. The van der Waals surface area contributed by atoms with Gasteiger partial charge in [-0.15, -0.1) is 22.7 Å². The number of fused-ring (bicyclic) bond motifs is 3. The van der Waals surface area contributed by atoms with Crippen molar-refractivity contribution in [1.29, 1.82) is 0 Å². The fourth-order valence-corrected chi connectivity index (χ4v) is 20.2. The molecule has 3 atom stereocenters. The van der Waals surface area contributed by atoms with Gasteiger partial charge in [-0.1, -0.05) is 52.8 Å². The summed E-state index contributed by atoms with van der Waals surface area (Å²) in [4.78, 5) is 102. The third kappa shape index (κ3) is 22.7. The lowest BCUT2D eigenvalue weighted by molar-refractivity contribution is -0.134. The lowest BCUT2D eigenvalue weighted by atomic mass is 9.99. The standard InChI is InChI=1S/C32H45N7O2S.C32H46N6OS.C30H41N7O3/c1-24-9-14-39(15-10-24)32-34-26(23-42-32)27(22-29(40)37-18-16-35(2)17-19-37)36-12-5-13-38(21-20-36)31-28(41-3)8-7-25-6-4-11-33-30(25)31;1-23(2)26-19-25-9-7-10-34-31(25)29(20-26)38-15-8-14-37(17-18-38)28(27-22-40-32(35-27)24(3)4)21-30(39)33-11-16-36-12-5-6-13-36;1-22(2)37-17-11-24(33-37)25(21-27(38)31-13-18-35-14-5-8-28(35)39)34-15-6-16-36(20-19-34)30-26(40-3)10-9-23-7-4-12-32-29(23)30/h4,6-8,11,23-24,27H,5,9-10,12-22H2,1-3H3;7,9-10,19-20,22-24,28H,5-6,8,11-18,21H2,1-4H3,(H,33,39);4,7,9-12,17,22,25H,5-6,8,13-16,18-21H2,1-3H3,(H,31,38). The summed E-state index contributed by atoms with van der Waals surface area (Å²) in [6, 6.07) is 27.3. The molecule has 13 heterocycles. The van der Waals surface area contributed by atoms with Crippen LogP contribution in [0.15, 0.2) is 114 Å². The zero-order chi connectivity index (χ0) is 85.2. The Labute approximate surface area is 730 Å². The van der Waals surface area contributed by atoms with Crippen LogP contribution in [0.2, 0.25) is 0 Å². The molecule has 7 saturated heterocycles. The van der Waals surface area contributed by atoms with Gasteiger partial charge in [0.25, 0.3) is 0 Å². The number of thiazole rings is 2. The van der Waals surface area contributed by atoms with Gasteiger partial charge < -0.3 is 59.3 Å². The van der Waals surface area contributed by atoms with Crippen molar-refractivity contribution in [3.8, 4) is 11.5 Å². The first kappa shape index (κ1) is 89.1. The van der Waals surface area contributed by atoms with Gasteiger partial charge in [-0.05, 0) is 163 Å². The third-order valence-corrected chi connectivity index (χ3v) is 27.8. The Morgan fingerprint density at radius 2 is 1.05 bits per heavy atom. The van der Waals surface area contributed by atoms with Crippen LogP contribution in [-0.4, -0.2) is 278 Å². The molecule has 122 heavy (non-hydrogen) atoms. The first-order chi connectivity index (χ1) is 59.3. The molecule has 7 fully saturated rings. The number of nitrogens with zero attached hydrogens (tertiary/aromatic N) is 18. The molecular weight excluding hydrogens is 1570 g/mol. The molecule has 0 bridgehead atoms. The van der Waals surface area contributed by atoms with Crippen LogP contribution < -0.4 is 39.7 Å². The molecular formula is C94H132N20O6S2. The highest BCUT2D eigenvalue weighted by atomic mass is 32.1. The number of piperidine rings is 1. The van der Waals surface area contributed by atoms with Crippen LogP contribution in [0.1, 0.15) is 189 Å². The predicted octanol–water partition coefficient (Wildman–Crippen LogP) is 13.6. The molecule has 0 spiro atoms. The van der Waals surface area contributed by atoms with Gasteiger partial charge in [0.1, 0.15) is 22.9 Å². The molecule has 656 valence electrons. The molecule has 7 aliphatic rings. The van der Waals surface area contributed by atoms with E-state index >= 15 is 0 Å². The molecule has 0 saturated carbocycles. The quantitative estimate of drug-likeness (QED) is 0.0487. The number of piperazine rings is 1. The van der Waals surface area contributed by atoms with Gasteiger partial charge in [0, 0.05) is 240 Å². The lowest BCUT2D eigenvalue weighted by Crippen LogP contribution is -2.48. The Morgan fingerprint density at radius 3 is 1.60 bits per heavy atom. The number of carbonyl (C=O) groups is 4. The van der Waals surface area contributed by atoms with Crippen molar-refractivity contribution >= 4 is 101 Å². The summed E-state index contributed by atoms with van der Waals surface area (Å²) in [5.41, 5.74) is 10.7. The second kappa shape index (κ2) is 43.0. The van der Waals surface area contributed by atoms with Crippen molar-refractivity contribution in [2.45, 2.75) is 162 Å². The summed E-state index contributed by atoms with van der Waals surface area (Å²) in [5.74, 6) is 3.85. The number of carbonyl (C=O) groups excluding carboxylic acids is 4. The van der Waals surface area contributed by atoms with Crippen LogP contribution in [-0.2, 0) is 19.2 Å². The minimum absolute atomic E-state index is 0.00708. The van der Waals surface area contributed by atoms with Crippen molar-refractivity contribution in [3.05, 3.63) is 142 Å². The minimum atomic E-state index is -0.138. The van der Waals surface area contributed by atoms with E-state index in [0.29, 0.717) is 50.6 Å². The molecule has 9 aromatic rings. The Kier molecular flexibility index (Phi) is 31.4. The van der Waals surface area contributed by atoms with E-state index < -0.39 is 0 Å². The molecule has 6 aromatic heterocycles. The van der Waals surface area contributed by atoms with Gasteiger partial charge in [0.15, 0.2) is 5.13 Å². The van der Waals surface area contributed by atoms with Crippen LogP contribution >= 0.6 is 22.7 Å². The number of nitrogens with one attached hydrogen (secondary N) is 2. The number of anilines is 4. The predicted molar refractivity (Wildman–Crippen MR) is 493 cm³/mol. The van der Waals surface area contributed by atoms with Crippen molar-refractivity contribution in [3.63, 3.8) is 0 Å². The third-order valence-electron chi connectivity index (χ3n) is 25.7. The normalized spacial score (nSPS) is 18.7. The second-order valence-corrected chi connectivity index (χ2v) is 36.9. The van der Waals surface area contributed by atoms with Crippen molar-refractivity contribution in [2.24, 2.45) is 5.92 Å². The van der Waals surface area contributed by atoms with Gasteiger partial charge >= 0.3 is 0 Å². The number of hydrogen-bond donors (Lipinski definition) is 2. The SMILES string of the molecule is CC(C)c1cc(N2CCCN(C(CC(=O)NCCN3CCCC3)c3csc(C(C)C)n3)CC2)c2ncccc2c1.COc1ccc2cccnc2c1N1CCCN(C(CC(=O)N2CCN(C)CC2)c2csc(N3CCC(C)CC3)n2)CC1.COc1ccc2cccnc2c1N1CCCN(C(CC(=O)NCCN2CCCC2=O)c2ccn(C(C)C)n2)CC1. The molecule has 3 aromatic carbocycles. The maximum atomic E-state index is 13.7. The van der Waals surface area contributed by atoms with Crippen molar-refractivity contribution in [2.75, 3.05) is 204 Å². The zero-order valence-corrected chi connectivity index (χ0v) is 75.6. The fourth-order valence-electron chi connectivity index (χ4n) is 18.4. The molecule has 26 nitrogen and oxygen atoms in total. The summed E-state index contributed by atoms with van der Waals surface area (Å²) < 4.78 is 13.5. The summed E-state index contributed by atoms with van der Waals surface area (Å²) >= 11 is 3.47. The summed E-state index contributed by atoms with van der Waals surface area (Å²) in [5, 5.41) is 21.2. The fraction of sp³-hybridized carbons (Fsp3) is 0.574. The highest BCUT2D eigenvalue weighted by molar-refractivity contribution is 7.13. The van der Waals surface area contributed by atoms with E-state index in [1.807, 2.05) is 70.8 Å². The Morgan fingerprint density at radius 1 is 0.508 bits per heavy atom. The van der Waals surface area contributed by atoms with E-state index in [2.05, 4.69) is 168 Å². The second-order valence-electron chi connectivity index (χ2n) is 35.2. The van der Waals surface area contributed by atoms with E-state index in [9.17, 15) is 19.2 Å². The monoisotopic (exact) mass is 1700 g/mol. The minimum Gasteiger partial charge on any atom is -0.494 e. The number of amides is 4. The molecule has 16 rings (SSSR count). The number of likely N-dealkylation sites (tertiary alicyclic amines) is 2. The number of likely N-dealkylation sites (N-methyl/N-ethyl adjacent to an activating group) is 1. The lowest BCUT2D eigenvalue weighted by Gasteiger charge is -2.35. The van der Waals surface area contributed by atoms with E-state index in [-0.39, 0.29) is 47.8 Å². The maximum absolute atomic E-state index is 13.7. The summed E-state index contributed by atoms with van der Waals surface area (Å²) in [6.07, 6.45) is 18.3. The van der Waals surface area contributed by atoms with Crippen LogP contribution in [0.4, 0.5) is 22.2 Å². The van der Waals surface area contributed by atoms with Gasteiger partial charge in [-0.25, -0.2) is 9.97 Å². The van der Waals surface area contributed by atoms with Gasteiger partial charge in [-0.2, -0.15) is 5.10 Å². The summed E-state index contributed by atoms with van der Waals surface area (Å²) in [6.45, 7) is 37.4. The number of rotatable bonds is 27. The number of benzene rings is 3. The van der Waals surface area contributed by atoms with Crippen molar-refractivity contribution < 1.29 is 28.7 Å². The first-order valence-corrected chi connectivity index (χ1v) is 47.0. The van der Waals surface area contributed by atoms with E-state index in [1.165, 1.54) is 42.3 Å². The molecule has 2 N–H and O–H groups in total. The molecule has 28 heteroatoms. The largest absolute Gasteiger partial charge is 0.494 e. The number of pyridine rings is 3. The molecule has 0 radical (unpaired) electrons. The number of hydrogen-bond acceptors (Lipinski definition) is 23. The highest BCUT2D eigenvalue weighted by Gasteiger charge is 2.36. The van der Waals surface area contributed by atoms with E-state index in [1.54, 1.807) is 36.9 Å². The van der Waals surface area contributed by atoms with Crippen LogP contribution in [0, 0.1) is 5.92 Å². The van der Waals surface area contributed by atoms with Crippen LogP contribution in [0.5, 0.6) is 11.5 Å².